The van der Waals surface area contributed by atoms with Crippen LogP contribution in [0.25, 0.3) is 0 Å². The topological polar surface area (TPSA) is 52.6 Å². The van der Waals surface area contributed by atoms with E-state index < -0.39 is 5.97 Å². The largest absolute Gasteiger partial charge is 0.482 e. The van der Waals surface area contributed by atoms with Gasteiger partial charge >= 0.3 is 5.97 Å². The van der Waals surface area contributed by atoms with E-state index in [1.807, 2.05) is 13.8 Å². The highest BCUT2D eigenvalue weighted by molar-refractivity contribution is 5.86. The monoisotopic (exact) mass is 224 g/mol. The van der Waals surface area contributed by atoms with Gasteiger partial charge in [0.2, 0.25) is 5.76 Å². The summed E-state index contributed by atoms with van der Waals surface area (Å²) in [5, 5.41) is 0. The molecule has 1 heterocycles. The molecule has 0 fully saturated rings. The molecule has 0 bridgehead atoms. The molecule has 1 aliphatic heterocycles. The first-order chi connectivity index (χ1) is 7.55. The molecule has 1 aliphatic rings. The van der Waals surface area contributed by atoms with Gasteiger partial charge in [-0.3, -0.25) is 0 Å². The van der Waals surface area contributed by atoms with Crippen LogP contribution >= 0.6 is 0 Å². The second kappa shape index (κ2) is 5.49. The van der Waals surface area contributed by atoms with Gasteiger partial charge in [0.25, 0.3) is 0 Å². The maximum Gasteiger partial charge on any atom is 0.373 e. The van der Waals surface area contributed by atoms with Crippen LogP contribution in [0.4, 0.5) is 0 Å². The van der Waals surface area contributed by atoms with Crippen LogP contribution < -0.4 is 0 Å². The molecule has 0 saturated heterocycles. The van der Waals surface area contributed by atoms with E-state index in [1.165, 1.54) is 0 Å². The molecule has 0 spiro atoms. The van der Waals surface area contributed by atoms with Crippen LogP contribution in [0.1, 0.15) is 20.3 Å². The summed E-state index contributed by atoms with van der Waals surface area (Å²) >= 11 is 0. The molecule has 16 heavy (non-hydrogen) atoms. The minimum absolute atomic E-state index is 0.203. The maximum atomic E-state index is 11.5. The number of esters is 1. The molecule has 88 valence electrons. The fraction of sp³-hybridized carbons (Fsp3) is 0.500. The number of carbonyl (C=O) groups excluding carboxylic acids is 2. The van der Waals surface area contributed by atoms with Gasteiger partial charge < -0.3 is 14.3 Å². The molecule has 4 nitrogen and oxygen atoms in total. The minimum Gasteiger partial charge on any atom is -0.482 e. The molecular formula is C12H16O4. The van der Waals surface area contributed by atoms with Crippen molar-refractivity contribution in [3.05, 3.63) is 24.0 Å². The van der Waals surface area contributed by atoms with Crippen molar-refractivity contribution in [2.75, 3.05) is 13.2 Å². The number of allylic oxidation sites excluding steroid dienone is 2. The molecule has 0 aliphatic carbocycles. The first-order valence-electron chi connectivity index (χ1n) is 5.15. The predicted molar refractivity (Wildman–Crippen MR) is 58.6 cm³/mol. The number of carbonyl (C=O) groups is 2. The van der Waals surface area contributed by atoms with Gasteiger partial charge in [-0.25, -0.2) is 4.79 Å². The van der Waals surface area contributed by atoms with E-state index in [4.69, 9.17) is 9.47 Å². The van der Waals surface area contributed by atoms with Crippen molar-refractivity contribution in [1.29, 1.82) is 0 Å². The number of aldehydes is 1. The first-order valence-corrected chi connectivity index (χ1v) is 5.15. The molecule has 0 aromatic heterocycles. The zero-order valence-electron chi connectivity index (χ0n) is 9.56. The quantitative estimate of drug-likeness (QED) is 0.526. The van der Waals surface area contributed by atoms with E-state index >= 15 is 0 Å². The van der Waals surface area contributed by atoms with Crippen LogP contribution in [0.2, 0.25) is 0 Å². The molecule has 0 unspecified atom stereocenters. The van der Waals surface area contributed by atoms with Crippen molar-refractivity contribution < 1.29 is 19.1 Å². The Kier molecular flexibility index (Phi) is 4.28. The molecule has 0 aromatic rings. The average molecular weight is 224 g/mol. The summed E-state index contributed by atoms with van der Waals surface area (Å²) in [6, 6.07) is 0. The molecule has 0 N–H and O–H groups in total. The molecule has 0 atom stereocenters. The Balaban J connectivity index is 2.43. The summed E-state index contributed by atoms with van der Waals surface area (Å²) in [5.41, 5.74) is -0.331. The SMILES string of the molecule is CC(C)(CC=O)COC(=O)C1=CC=CCO1. The summed E-state index contributed by atoms with van der Waals surface area (Å²) in [5.74, 6) is -0.271. The lowest BCUT2D eigenvalue weighted by atomic mass is 9.91. The zero-order valence-corrected chi connectivity index (χ0v) is 9.56. The summed E-state index contributed by atoms with van der Waals surface area (Å²) in [6.45, 7) is 4.32. The maximum absolute atomic E-state index is 11.5. The van der Waals surface area contributed by atoms with Crippen molar-refractivity contribution in [2.45, 2.75) is 20.3 Å². The second-order valence-electron chi connectivity index (χ2n) is 4.38. The van der Waals surface area contributed by atoms with Gasteiger partial charge in [0.15, 0.2) is 0 Å². The van der Waals surface area contributed by atoms with Crippen molar-refractivity contribution in [3.63, 3.8) is 0 Å². The number of ether oxygens (including phenoxy) is 2. The summed E-state index contributed by atoms with van der Waals surface area (Å²) in [4.78, 5) is 21.9. The van der Waals surface area contributed by atoms with E-state index in [9.17, 15) is 9.59 Å². The molecule has 4 heteroatoms. The van der Waals surface area contributed by atoms with E-state index in [-0.39, 0.29) is 17.8 Å². The van der Waals surface area contributed by atoms with Crippen molar-refractivity contribution >= 4 is 12.3 Å². The van der Waals surface area contributed by atoms with Crippen LogP contribution in [0.5, 0.6) is 0 Å². The van der Waals surface area contributed by atoms with Crippen molar-refractivity contribution in [3.8, 4) is 0 Å². The molecule has 1 rings (SSSR count). The van der Waals surface area contributed by atoms with Gasteiger partial charge in [-0.1, -0.05) is 19.9 Å². The third kappa shape index (κ3) is 3.88. The molecule has 0 aromatic carbocycles. The summed E-state index contributed by atoms with van der Waals surface area (Å²) in [6.07, 6.45) is 6.30. The molecule has 0 radical (unpaired) electrons. The Bertz CT molecular complexity index is 326. The van der Waals surface area contributed by atoms with Gasteiger partial charge in [-0.05, 0) is 12.2 Å². The van der Waals surface area contributed by atoms with E-state index in [1.54, 1.807) is 18.2 Å². The van der Waals surface area contributed by atoms with E-state index in [2.05, 4.69) is 0 Å². The number of hydrogen-bond donors (Lipinski definition) is 0. The van der Waals surface area contributed by atoms with E-state index in [0.29, 0.717) is 13.0 Å². The van der Waals surface area contributed by atoms with Gasteiger partial charge in [0.05, 0.1) is 6.61 Å². The third-order valence-electron chi connectivity index (χ3n) is 2.15. The predicted octanol–water partition coefficient (Wildman–Crippen LogP) is 1.62. The molecular weight excluding hydrogens is 208 g/mol. The van der Waals surface area contributed by atoms with Crippen molar-refractivity contribution in [2.24, 2.45) is 5.41 Å². The van der Waals surface area contributed by atoms with Crippen LogP contribution in [0.15, 0.2) is 24.0 Å². The lowest BCUT2D eigenvalue weighted by Crippen LogP contribution is -2.23. The smallest absolute Gasteiger partial charge is 0.373 e. The average Bonchev–Trinajstić information content (AvgIpc) is 2.27. The Labute approximate surface area is 94.9 Å². The van der Waals surface area contributed by atoms with Gasteiger partial charge in [-0.15, -0.1) is 0 Å². The van der Waals surface area contributed by atoms with E-state index in [0.717, 1.165) is 6.29 Å². The Morgan fingerprint density at radius 3 is 2.94 bits per heavy atom. The highest BCUT2D eigenvalue weighted by Gasteiger charge is 2.22. The van der Waals surface area contributed by atoms with Crippen LogP contribution in [-0.4, -0.2) is 25.5 Å². The lowest BCUT2D eigenvalue weighted by molar-refractivity contribution is -0.146. The van der Waals surface area contributed by atoms with Crippen molar-refractivity contribution in [1.82, 2.24) is 0 Å². The van der Waals surface area contributed by atoms with Crippen LogP contribution in [0, 0.1) is 5.41 Å². The van der Waals surface area contributed by atoms with Gasteiger partial charge in [0, 0.05) is 11.8 Å². The van der Waals surface area contributed by atoms with Gasteiger partial charge in [-0.2, -0.15) is 0 Å². The van der Waals surface area contributed by atoms with Crippen LogP contribution in [-0.2, 0) is 19.1 Å². The number of hydrogen-bond acceptors (Lipinski definition) is 4. The highest BCUT2D eigenvalue weighted by atomic mass is 16.6. The standard InChI is InChI=1S/C12H16O4/c1-12(2,6-7-13)9-16-11(14)10-5-3-4-8-15-10/h3-5,7H,6,8-9H2,1-2H3. The Morgan fingerprint density at radius 1 is 1.62 bits per heavy atom. The molecule has 0 saturated carbocycles. The third-order valence-corrected chi connectivity index (χ3v) is 2.15. The summed E-state index contributed by atoms with van der Waals surface area (Å²) < 4.78 is 10.2. The lowest BCUT2D eigenvalue weighted by Gasteiger charge is -2.21. The fourth-order valence-corrected chi connectivity index (χ4v) is 1.14. The summed E-state index contributed by atoms with van der Waals surface area (Å²) in [7, 11) is 0. The minimum atomic E-state index is -0.483. The second-order valence-corrected chi connectivity index (χ2v) is 4.38. The first kappa shape index (κ1) is 12.5. The van der Waals surface area contributed by atoms with Crippen LogP contribution in [0.3, 0.4) is 0 Å². The zero-order chi connectivity index (χ0) is 12.0. The fourth-order valence-electron chi connectivity index (χ4n) is 1.14. The Morgan fingerprint density at radius 2 is 2.38 bits per heavy atom. The normalized spacial score (nSPS) is 15.0. The highest BCUT2D eigenvalue weighted by Crippen LogP contribution is 2.19. The van der Waals surface area contributed by atoms with Gasteiger partial charge in [0.1, 0.15) is 12.9 Å². The molecule has 0 amide bonds. The number of rotatable bonds is 5. The Hall–Kier alpha value is -1.58.